The Morgan fingerprint density at radius 2 is 2.27 bits per heavy atom. The van der Waals surface area contributed by atoms with Crippen LogP contribution in [0, 0.1) is 5.92 Å². The molecule has 0 aromatic carbocycles. The van der Waals surface area contributed by atoms with Gasteiger partial charge >= 0.3 is 0 Å². The van der Waals surface area contributed by atoms with Crippen LogP contribution < -0.4 is 11.1 Å². The van der Waals surface area contributed by atoms with Crippen molar-refractivity contribution >= 4 is 17.2 Å². The van der Waals surface area contributed by atoms with E-state index in [2.05, 4.69) is 29.1 Å². The number of nitrogens with one attached hydrogen (secondary N) is 1. The molecule has 3 N–H and O–H groups in total. The van der Waals surface area contributed by atoms with Gasteiger partial charge in [0.05, 0.1) is 12.1 Å². The Bertz CT molecular complexity index is 597. The first-order valence-electron chi connectivity index (χ1n) is 7.42. The highest BCUT2D eigenvalue weighted by Crippen LogP contribution is 2.22. The largest absolute Gasteiger partial charge is 0.352 e. The number of rotatable bonds is 7. The molecule has 1 amide bonds. The van der Waals surface area contributed by atoms with Gasteiger partial charge < -0.3 is 11.1 Å². The molecule has 0 saturated heterocycles. The van der Waals surface area contributed by atoms with Crippen LogP contribution in [0.25, 0.3) is 10.6 Å². The molecule has 5 nitrogen and oxygen atoms in total. The van der Waals surface area contributed by atoms with Crippen molar-refractivity contribution in [2.75, 3.05) is 6.54 Å². The molecule has 2 aromatic rings. The van der Waals surface area contributed by atoms with Gasteiger partial charge in [-0.3, -0.25) is 9.78 Å². The molecule has 6 heteroatoms. The van der Waals surface area contributed by atoms with Gasteiger partial charge in [-0.2, -0.15) is 0 Å². The maximum Gasteiger partial charge on any atom is 0.226 e. The third kappa shape index (κ3) is 4.89. The first-order chi connectivity index (χ1) is 10.6. The van der Waals surface area contributed by atoms with Gasteiger partial charge in [0, 0.05) is 35.9 Å². The lowest BCUT2D eigenvalue weighted by Gasteiger charge is -2.18. The summed E-state index contributed by atoms with van der Waals surface area (Å²) in [6.07, 6.45) is 4.68. The Hall–Kier alpha value is -1.79. The third-order valence-electron chi connectivity index (χ3n) is 3.21. The Balaban J connectivity index is 1.94. The van der Waals surface area contributed by atoms with Gasteiger partial charge in [-0.15, -0.1) is 11.3 Å². The lowest BCUT2D eigenvalue weighted by Crippen LogP contribution is -2.41. The van der Waals surface area contributed by atoms with Crippen LogP contribution in [0.4, 0.5) is 0 Å². The van der Waals surface area contributed by atoms with Crippen molar-refractivity contribution in [1.82, 2.24) is 15.3 Å². The molecule has 22 heavy (non-hydrogen) atoms. The van der Waals surface area contributed by atoms with Gasteiger partial charge in [0.15, 0.2) is 0 Å². The van der Waals surface area contributed by atoms with Crippen molar-refractivity contribution in [2.45, 2.75) is 32.7 Å². The summed E-state index contributed by atoms with van der Waals surface area (Å²) in [6, 6.07) is 3.87. The van der Waals surface area contributed by atoms with Crippen molar-refractivity contribution in [3.8, 4) is 10.6 Å². The highest BCUT2D eigenvalue weighted by Gasteiger charge is 2.14. The van der Waals surface area contributed by atoms with E-state index >= 15 is 0 Å². The fraction of sp³-hybridized carbons (Fsp3) is 0.438. The van der Waals surface area contributed by atoms with Gasteiger partial charge in [0.2, 0.25) is 5.91 Å². The summed E-state index contributed by atoms with van der Waals surface area (Å²) in [5, 5.41) is 5.79. The number of carbonyl (C=O) groups is 1. The summed E-state index contributed by atoms with van der Waals surface area (Å²) in [7, 11) is 0. The second-order valence-corrected chi connectivity index (χ2v) is 6.55. The van der Waals surface area contributed by atoms with Crippen LogP contribution in [0.5, 0.6) is 0 Å². The molecule has 0 aliphatic rings. The molecule has 0 spiro atoms. The average molecular weight is 318 g/mol. The van der Waals surface area contributed by atoms with Crippen molar-refractivity contribution in [1.29, 1.82) is 0 Å². The average Bonchev–Trinajstić information content (AvgIpc) is 2.95. The zero-order chi connectivity index (χ0) is 15.9. The molecular formula is C16H22N4OS. The molecule has 0 aliphatic carbocycles. The second kappa shape index (κ2) is 8.00. The maximum atomic E-state index is 12.1. The number of thiazole rings is 1. The molecule has 118 valence electrons. The van der Waals surface area contributed by atoms with Crippen LogP contribution in [-0.2, 0) is 11.2 Å². The zero-order valence-electron chi connectivity index (χ0n) is 13.0. The molecule has 1 unspecified atom stereocenters. The lowest BCUT2D eigenvalue weighted by atomic mass is 10.0. The van der Waals surface area contributed by atoms with E-state index < -0.39 is 0 Å². The van der Waals surface area contributed by atoms with E-state index in [0.29, 0.717) is 12.5 Å². The maximum absolute atomic E-state index is 12.1. The SMILES string of the molecule is CC(C)CC(CN)NC(=O)Cc1csc(-c2cccnc2)n1. The molecule has 2 rings (SSSR count). The second-order valence-electron chi connectivity index (χ2n) is 5.69. The molecule has 2 aromatic heterocycles. The van der Waals surface area contributed by atoms with Crippen LogP contribution in [0.15, 0.2) is 29.9 Å². The van der Waals surface area contributed by atoms with Crippen LogP contribution in [-0.4, -0.2) is 28.5 Å². The number of pyridine rings is 1. The normalized spacial score (nSPS) is 12.4. The Morgan fingerprint density at radius 1 is 1.45 bits per heavy atom. The molecular weight excluding hydrogens is 296 g/mol. The zero-order valence-corrected chi connectivity index (χ0v) is 13.8. The van der Waals surface area contributed by atoms with Crippen molar-refractivity contribution in [3.05, 3.63) is 35.6 Å². The quantitative estimate of drug-likeness (QED) is 0.820. The van der Waals surface area contributed by atoms with Crippen LogP contribution in [0.2, 0.25) is 0 Å². The molecule has 0 aliphatic heterocycles. The van der Waals surface area contributed by atoms with Gasteiger partial charge in [-0.05, 0) is 24.5 Å². The number of nitrogens with two attached hydrogens (primary N) is 1. The van der Waals surface area contributed by atoms with E-state index in [1.54, 1.807) is 12.4 Å². The Morgan fingerprint density at radius 3 is 2.91 bits per heavy atom. The summed E-state index contributed by atoms with van der Waals surface area (Å²) >= 11 is 1.52. The van der Waals surface area contributed by atoms with Crippen molar-refractivity contribution in [3.63, 3.8) is 0 Å². The number of aromatic nitrogens is 2. The fourth-order valence-electron chi connectivity index (χ4n) is 2.24. The van der Waals surface area contributed by atoms with Gasteiger partial charge in [-0.1, -0.05) is 13.8 Å². The summed E-state index contributed by atoms with van der Waals surface area (Å²) < 4.78 is 0. The predicted molar refractivity (Wildman–Crippen MR) is 89.5 cm³/mol. The Kier molecular flexibility index (Phi) is 6.03. The van der Waals surface area contributed by atoms with E-state index in [4.69, 9.17) is 5.73 Å². The number of amides is 1. The molecule has 0 bridgehead atoms. The first-order valence-corrected chi connectivity index (χ1v) is 8.30. The van der Waals surface area contributed by atoms with Crippen LogP contribution in [0.1, 0.15) is 26.0 Å². The van der Waals surface area contributed by atoms with Crippen LogP contribution >= 0.6 is 11.3 Å². The smallest absolute Gasteiger partial charge is 0.226 e. The number of nitrogens with zero attached hydrogens (tertiary/aromatic N) is 2. The van der Waals surface area contributed by atoms with Crippen LogP contribution in [0.3, 0.4) is 0 Å². The van der Waals surface area contributed by atoms with Gasteiger partial charge in [0.25, 0.3) is 0 Å². The lowest BCUT2D eigenvalue weighted by molar-refractivity contribution is -0.121. The molecule has 2 heterocycles. The van der Waals surface area contributed by atoms with E-state index in [-0.39, 0.29) is 18.4 Å². The van der Waals surface area contributed by atoms with Crippen molar-refractivity contribution < 1.29 is 4.79 Å². The number of carbonyl (C=O) groups excluding carboxylic acids is 1. The summed E-state index contributed by atoms with van der Waals surface area (Å²) in [4.78, 5) is 20.7. The minimum absolute atomic E-state index is 0.0286. The van der Waals surface area contributed by atoms with E-state index in [0.717, 1.165) is 22.7 Å². The molecule has 1 atom stereocenters. The highest BCUT2D eigenvalue weighted by molar-refractivity contribution is 7.13. The monoisotopic (exact) mass is 318 g/mol. The van der Waals surface area contributed by atoms with Crippen molar-refractivity contribution in [2.24, 2.45) is 11.7 Å². The Labute approximate surface area is 135 Å². The summed E-state index contributed by atoms with van der Waals surface area (Å²) in [5.74, 6) is 0.476. The third-order valence-corrected chi connectivity index (χ3v) is 4.15. The highest BCUT2D eigenvalue weighted by atomic mass is 32.1. The molecule has 0 radical (unpaired) electrons. The topological polar surface area (TPSA) is 80.9 Å². The minimum atomic E-state index is -0.0286. The molecule has 0 saturated carbocycles. The van der Waals surface area contributed by atoms with E-state index in [9.17, 15) is 4.79 Å². The minimum Gasteiger partial charge on any atom is -0.352 e. The summed E-state index contributed by atoms with van der Waals surface area (Å²) in [6.45, 7) is 4.70. The first kappa shape index (κ1) is 16.6. The van der Waals surface area contributed by atoms with Gasteiger partial charge in [0.1, 0.15) is 5.01 Å². The number of hydrogen-bond acceptors (Lipinski definition) is 5. The molecule has 0 fully saturated rings. The predicted octanol–water partition coefficient (Wildman–Crippen LogP) is 2.24. The number of hydrogen-bond donors (Lipinski definition) is 2. The summed E-state index contributed by atoms with van der Waals surface area (Å²) in [5.41, 5.74) is 7.46. The fourth-order valence-corrected chi connectivity index (χ4v) is 3.05. The van der Waals surface area contributed by atoms with Gasteiger partial charge in [-0.25, -0.2) is 4.98 Å². The van der Waals surface area contributed by atoms with E-state index in [1.165, 1.54) is 11.3 Å². The van der Waals surface area contributed by atoms with E-state index in [1.807, 2.05) is 17.5 Å². The standard InChI is InChI=1S/C16H22N4OS/c1-11(2)6-13(8-17)19-15(21)7-14-10-22-16(20-14)12-4-3-5-18-9-12/h3-5,9-11,13H,6-8,17H2,1-2H3,(H,19,21).